The second-order valence-electron chi connectivity index (χ2n) is 7.88. The fraction of sp³-hybridized carbons (Fsp3) is 0.111. The summed E-state index contributed by atoms with van der Waals surface area (Å²) in [7, 11) is 1.55. The highest BCUT2D eigenvalue weighted by molar-refractivity contribution is 5.97. The lowest BCUT2D eigenvalue weighted by molar-refractivity contribution is -0.384. The van der Waals surface area contributed by atoms with Crippen LogP contribution in [0.5, 0.6) is 17.2 Å². The van der Waals surface area contributed by atoms with E-state index in [1.54, 1.807) is 54.3 Å². The number of non-ortho nitro benzene ring substituents is 1. The molecule has 0 aliphatic carbocycles. The van der Waals surface area contributed by atoms with Crippen molar-refractivity contribution in [1.29, 1.82) is 0 Å². The number of nitro groups is 1. The van der Waals surface area contributed by atoms with Crippen LogP contribution in [0.25, 0.3) is 0 Å². The molecule has 0 unspecified atom stereocenters. The third kappa shape index (κ3) is 5.95. The van der Waals surface area contributed by atoms with E-state index < -0.39 is 10.8 Å². The second kappa shape index (κ2) is 11.0. The largest absolute Gasteiger partial charge is 0.497 e. The Bertz CT molecular complexity index is 1430. The average Bonchev–Trinajstić information content (AvgIpc) is 2.90. The van der Waals surface area contributed by atoms with Crippen molar-refractivity contribution in [3.63, 3.8) is 0 Å². The minimum Gasteiger partial charge on any atom is -0.497 e. The highest BCUT2D eigenvalue weighted by atomic mass is 16.6. The summed E-state index contributed by atoms with van der Waals surface area (Å²) in [5.41, 5.74) is 1.50. The van der Waals surface area contributed by atoms with Gasteiger partial charge in [0.1, 0.15) is 17.2 Å². The van der Waals surface area contributed by atoms with E-state index >= 15 is 0 Å². The van der Waals surface area contributed by atoms with E-state index in [0.29, 0.717) is 18.0 Å². The Kier molecular flexibility index (Phi) is 7.40. The molecule has 0 bridgehead atoms. The predicted molar refractivity (Wildman–Crippen MR) is 134 cm³/mol. The standard InChI is InChI=1S/C27H23N3O6/c1-35-22-10-12-23(13-11-22)36-25-14-9-21(30(33)34)16-24(25)27(32)28-17-19-5-7-20(8-6-19)18-29-15-3-2-4-26(29)31/h2-16H,17-18H2,1H3,(H,28,32). The lowest BCUT2D eigenvalue weighted by Crippen LogP contribution is -2.23. The van der Waals surface area contributed by atoms with Crippen LogP contribution in [0.1, 0.15) is 21.5 Å². The van der Waals surface area contributed by atoms with Gasteiger partial charge in [0.2, 0.25) is 0 Å². The number of benzene rings is 3. The van der Waals surface area contributed by atoms with Gasteiger partial charge in [-0.2, -0.15) is 0 Å². The van der Waals surface area contributed by atoms with Crippen molar-refractivity contribution in [2.45, 2.75) is 13.1 Å². The molecule has 9 heteroatoms. The zero-order chi connectivity index (χ0) is 25.5. The first-order valence-corrected chi connectivity index (χ1v) is 11.0. The topological polar surface area (TPSA) is 113 Å². The molecule has 182 valence electrons. The van der Waals surface area contributed by atoms with Crippen LogP contribution in [0, 0.1) is 10.1 Å². The molecule has 4 rings (SSSR count). The molecule has 0 saturated carbocycles. The molecule has 0 saturated heterocycles. The van der Waals surface area contributed by atoms with Crippen molar-refractivity contribution in [3.05, 3.63) is 128 Å². The van der Waals surface area contributed by atoms with Crippen LogP contribution in [-0.4, -0.2) is 22.5 Å². The van der Waals surface area contributed by atoms with Gasteiger partial charge in [0, 0.05) is 30.9 Å². The van der Waals surface area contributed by atoms with E-state index in [2.05, 4.69) is 5.32 Å². The molecule has 1 N–H and O–H groups in total. The molecule has 0 aliphatic heterocycles. The Morgan fingerprint density at radius 3 is 2.31 bits per heavy atom. The highest BCUT2D eigenvalue weighted by Crippen LogP contribution is 2.30. The van der Waals surface area contributed by atoms with Crippen molar-refractivity contribution in [1.82, 2.24) is 9.88 Å². The van der Waals surface area contributed by atoms with E-state index in [1.165, 1.54) is 24.3 Å². The molecule has 0 radical (unpaired) electrons. The Morgan fingerprint density at radius 2 is 1.64 bits per heavy atom. The first-order valence-electron chi connectivity index (χ1n) is 11.0. The summed E-state index contributed by atoms with van der Waals surface area (Å²) < 4.78 is 12.6. The van der Waals surface area contributed by atoms with Gasteiger partial charge in [0.25, 0.3) is 17.2 Å². The van der Waals surface area contributed by atoms with Gasteiger partial charge in [0.15, 0.2) is 0 Å². The normalized spacial score (nSPS) is 10.5. The van der Waals surface area contributed by atoms with E-state index in [4.69, 9.17) is 9.47 Å². The number of rotatable bonds is 9. The summed E-state index contributed by atoms with van der Waals surface area (Å²) >= 11 is 0. The number of pyridine rings is 1. The average molecular weight is 485 g/mol. The van der Waals surface area contributed by atoms with Crippen LogP contribution in [0.4, 0.5) is 5.69 Å². The number of ether oxygens (including phenoxy) is 2. The monoisotopic (exact) mass is 485 g/mol. The molecule has 1 amide bonds. The van der Waals surface area contributed by atoms with E-state index in [9.17, 15) is 19.7 Å². The first kappa shape index (κ1) is 24.2. The number of hydrogen-bond acceptors (Lipinski definition) is 6. The summed E-state index contributed by atoms with van der Waals surface area (Å²) in [5.74, 6) is 0.770. The molecule has 36 heavy (non-hydrogen) atoms. The predicted octanol–water partition coefficient (Wildman–Crippen LogP) is 4.54. The van der Waals surface area contributed by atoms with Gasteiger partial charge in [-0.1, -0.05) is 30.3 Å². The van der Waals surface area contributed by atoms with Crippen molar-refractivity contribution < 1.29 is 19.2 Å². The Hall–Kier alpha value is -4.92. The first-order chi connectivity index (χ1) is 17.4. The van der Waals surface area contributed by atoms with Gasteiger partial charge in [0.05, 0.1) is 24.1 Å². The zero-order valence-corrected chi connectivity index (χ0v) is 19.4. The van der Waals surface area contributed by atoms with Crippen LogP contribution in [-0.2, 0) is 13.1 Å². The number of nitrogens with one attached hydrogen (secondary N) is 1. The van der Waals surface area contributed by atoms with Gasteiger partial charge < -0.3 is 19.4 Å². The lowest BCUT2D eigenvalue weighted by atomic mass is 10.1. The maximum absolute atomic E-state index is 13.0. The number of amides is 1. The van der Waals surface area contributed by atoms with Crippen LogP contribution in [0.15, 0.2) is 95.9 Å². The van der Waals surface area contributed by atoms with Crippen LogP contribution in [0.3, 0.4) is 0 Å². The number of carbonyl (C=O) groups excluding carboxylic acids is 1. The van der Waals surface area contributed by atoms with E-state index in [0.717, 1.165) is 11.1 Å². The van der Waals surface area contributed by atoms with Crippen molar-refractivity contribution in [2.75, 3.05) is 7.11 Å². The quantitative estimate of drug-likeness (QED) is 0.275. The van der Waals surface area contributed by atoms with Crippen LogP contribution < -0.4 is 20.3 Å². The Balaban J connectivity index is 1.47. The van der Waals surface area contributed by atoms with Gasteiger partial charge >= 0.3 is 0 Å². The number of carbonyl (C=O) groups is 1. The van der Waals surface area contributed by atoms with Crippen LogP contribution >= 0.6 is 0 Å². The number of nitrogens with zero attached hydrogens (tertiary/aromatic N) is 2. The third-order valence-corrected chi connectivity index (χ3v) is 5.43. The molecular weight excluding hydrogens is 462 g/mol. The fourth-order valence-corrected chi connectivity index (χ4v) is 3.50. The van der Waals surface area contributed by atoms with E-state index in [-0.39, 0.29) is 29.1 Å². The number of methoxy groups -OCH3 is 1. The van der Waals surface area contributed by atoms with Gasteiger partial charge in [-0.3, -0.25) is 19.7 Å². The Morgan fingerprint density at radius 1 is 0.944 bits per heavy atom. The van der Waals surface area contributed by atoms with Gasteiger partial charge in [-0.25, -0.2) is 0 Å². The smallest absolute Gasteiger partial charge is 0.270 e. The maximum atomic E-state index is 13.0. The van der Waals surface area contributed by atoms with Crippen molar-refractivity contribution in [2.24, 2.45) is 0 Å². The summed E-state index contributed by atoms with van der Waals surface area (Å²) in [6, 6.07) is 23.1. The molecule has 1 heterocycles. The summed E-state index contributed by atoms with van der Waals surface area (Å²) in [6.07, 6.45) is 1.72. The minimum absolute atomic E-state index is 0.0418. The molecule has 0 fully saturated rings. The SMILES string of the molecule is COc1ccc(Oc2ccc([N+](=O)[O-])cc2C(=O)NCc2ccc(Cn3ccccc3=O)cc2)cc1. The van der Waals surface area contributed by atoms with Crippen molar-refractivity contribution in [3.8, 4) is 17.2 Å². The lowest BCUT2D eigenvalue weighted by Gasteiger charge is -2.12. The maximum Gasteiger partial charge on any atom is 0.270 e. The minimum atomic E-state index is -0.565. The highest BCUT2D eigenvalue weighted by Gasteiger charge is 2.18. The number of nitro benzene ring substituents is 1. The molecule has 0 spiro atoms. The summed E-state index contributed by atoms with van der Waals surface area (Å²) in [4.78, 5) is 35.6. The van der Waals surface area contributed by atoms with Gasteiger partial charge in [-0.15, -0.1) is 0 Å². The fourth-order valence-electron chi connectivity index (χ4n) is 3.50. The summed E-state index contributed by atoms with van der Waals surface area (Å²) in [6.45, 7) is 0.640. The van der Waals surface area contributed by atoms with Gasteiger partial charge in [-0.05, 0) is 47.5 Å². The third-order valence-electron chi connectivity index (χ3n) is 5.43. The molecule has 9 nitrogen and oxygen atoms in total. The number of aromatic nitrogens is 1. The molecule has 0 atom stereocenters. The van der Waals surface area contributed by atoms with Crippen molar-refractivity contribution >= 4 is 11.6 Å². The Labute approximate surface area is 206 Å². The molecule has 1 aromatic heterocycles. The summed E-state index contributed by atoms with van der Waals surface area (Å²) in [5, 5.41) is 14.1. The zero-order valence-electron chi connectivity index (χ0n) is 19.4. The second-order valence-corrected chi connectivity index (χ2v) is 7.88. The van der Waals surface area contributed by atoms with E-state index in [1.807, 2.05) is 24.3 Å². The molecule has 3 aromatic carbocycles. The molecule has 4 aromatic rings. The number of hydrogen-bond donors (Lipinski definition) is 1. The molecular formula is C27H23N3O6. The van der Waals surface area contributed by atoms with Crippen LogP contribution in [0.2, 0.25) is 0 Å². The molecule has 0 aliphatic rings.